The molecule has 30 heavy (non-hydrogen) atoms. The van der Waals surface area contributed by atoms with Crippen molar-refractivity contribution in [3.8, 4) is 0 Å². The van der Waals surface area contributed by atoms with E-state index in [1.807, 2.05) is 60.7 Å². The van der Waals surface area contributed by atoms with Crippen molar-refractivity contribution in [1.82, 2.24) is 0 Å². The highest BCUT2D eigenvalue weighted by Gasteiger charge is 2.52. The van der Waals surface area contributed by atoms with E-state index in [1.165, 1.54) is 14.0 Å². The molecule has 7 nitrogen and oxygen atoms in total. The number of hydrogen-bond donors (Lipinski definition) is 0. The second-order valence-corrected chi connectivity index (χ2v) is 7.29. The molecule has 2 saturated heterocycles. The molecule has 6 atom stereocenters. The molecule has 0 amide bonds. The fourth-order valence-electron chi connectivity index (χ4n) is 3.78. The van der Waals surface area contributed by atoms with Gasteiger partial charge < -0.3 is 28.4 Å². The zero-order valence-electron chi connectivity index (χ0n) is 17.0. The predicted octanol–water partition coefficient (Wildman–Crippen LogP) is 2.99. The van der Waals surface area contributed by atoms with Gasteiger partial charge in [-0.3, -0.25) is 4.79 Å². The van der Waals surface area contributed by atoms with Crippen molar-refractivity contribution >= 4 is 5.97 Å². The zero-order valence-corrected chi connectivity index (χ0v) is 17.0. The Balaban J connectivity index is 1.55. The molecule has 0 N–H and O–H groups in total. The number of methoxy groups -OCH3 is 1. The van der Waals surface area contributed by atoms with Crippen molar-refractivity contribution in [3.05, 3.63) is 71.8 Å². The Kier molecular flexibility index (Phi) is 6.76. The summed E-state index contributed by atoms with van der Waals surface area (Å²) >= 11 is 0. The first-order valence-electron chi connectivity index (χ1n) is 9.98. The minimum atomic E-state index is -0.722. The summed E-state index contributed by atoms with van der Waals surface area (Å²) in [6.45, 7) is 1.98. The van der Waals surface area contributed by atoms with E-state index in [1.54, 1.807) is 0 Å². The molecule has 160 valence electrons. The predicted molar refractivity (Wildman–Crippen MR) is 106 cm³/mol. The third-order valence-electron chi connectivity index (χ3n) is 5.18. The number of fused-ring (bicyclic) bond motifs is 1. The van der Waals surface area contributed by atoms with Crippen molar-refractivity contribution in [2.45, 2.75) is 50.5 Å². The van der Waals surface area contributed by atoms with E-state index in [0.29, 0.717) is 6.61 Å². The lowest BCUT2D eigenvalue weighted by molar-refractivity contribution is -0.364. The van der Waals surface area contributed by atoms with Gasteiger partial charge in [-0.2, -0.15) is 0 Å². The normalized spacial score (nSPS) is 31.0. The van der Waals surface area contributed by atoms with Crippen LogP contribution in [0, 0.1) is 0 Å². The zero-order chi connectivity index (χ0) is 20.9. The van der Waals surface area contributed by atoms with Crippen molar-refractivity contribution in [2.75, 3.05) is 13.7 Å². The summed E-state index contributed by atoms with van der Waals surface area (Å²) in [6.07, 6.45) is -3.67. The summed E-state index contributed by atoms with van der Waals surface area (Å²) in [5.74, 6) is -0.421. The Morgan fingerprint density at radius 1 is 1.00 bits per heavy atom. The highest BCUT2D eigenvalue weighted by atomic mass is 16.8. The van der Waals surface area contributed by atoms with Gasteiger partial charge in [0, 0.05) is 19.6 Å². The van der Waals surface area contributed by atoms with Gasteiger partial charge in [0.15, 0.2) is 18.7 Å². The minimum absolute atomic E-state index is 0.285. The Hall–Kier alpha value is -2.29. The third-order valence-corrected chi connectivity index (χ3v) is 5.18. The topological polar surface area (TPSA) is 72.5 Å². The molecule has 0 aliphatic carbocycles. The monoisotopic (exact) mass is 414 g/mol. The first-order valence-corrected chi connectivity index (χ1v) is 9.98. The number of carbonyl (C=O) groups is 1. The summed E-state index contributed by atoms with van der Waals surface area (Å²) < 4.78 is 35.4. The molecule has 2 aliphatic heterocycles. The lowest BCUT2D eigenvalue weighted by Crippen LogP contribution is -2.63. The summed E-state index contributed by atoms with van der Waals surface area (Å²) in [7, 11) is 1.53. The molecular formula is C23H26O7. The van der Waals surface area contributed by atoms with E-state index in [0.717, 1.165) is 11.1 Å². The molecule has 0 spiro atoms. The highest BCUT2D eigenvalue weighted by Crippen LogP contribution is 2.36. The fraction of sp³-hybridized carbons (Fsp3) is 0.435. The number of esters is 1. The number of rotatable bonds is 6. The summed E-state index contributed by atoms with van der Waals surface area (Å²) in [5, 5.41) is 0. The molecule has 7 heteroatoms. The van der Waals surface area contributed by atoms with Gasteiger partial charge in [0.2, 0.25) is 0 Å². The van der Waals surface area contributed by atoms with Crippen LogP contribution in [-0.4, -0.2) is 50.4 Å². The maximum atomic E-state index is 11.9. The average Bonchev–Trinajstić information content (AvgIpc) is 2.78. The van der Waals surface area contributed by atoms with Gasteiger partial charge in [0.25, 0.3) is 0 Å². The SMILES string of the molecule is CO[C@@H]1O[C@H]2COC(c3ccccc3)O[C@H]2[C@H](OC(C)=O)[C@H]1OCc1ccccc1. The van der Waals surface area contributed by atoms with Gasteiger partial charge in [-0.05, 0) is 5.56 Å². The molecule has 2 aromatic rings. The van der Waals surface area contributed by atoms with Crippen LogP contribution in [0.5, 0.6) is 0 Å². The van der Waals surface area contributed by atoms with E-state index in [9.17, 15) is 4.79 Å². The fourth-order valence-corrected chi connectivity index (χ4v) is 3.78. The van der Waals surface area contributed by atoms with Crippen molar-refractivity contribution in [2.24, 2.45) is 0 Å². The number of ether oxygens (including phenoxy) is 6. The van der Waals surface area contributed by atoms with E-state index in [2.05, 4.69) is 0 Å². The van der Waals surface area contributed by atoms with Crippen LogP contribution in [0.2, 0.25) is 0 Å². The Bertz CT molecular complexity index is 807. The van der Waals surface area contributed by atoms with Gasteiger partial charge in [0.1, 0.15) is 18.3 Å². The molecule has 0 aromatic heterocycles. The van der Waals surface area contributed by atoms with Crippen LogP contribution in [0.3, 0.4) is 0 Å². The van der Waals surface area contributed by atoms with E-state index in [4.69, 9.17) is 28.4 Å². The van der Waals surface area contributed by atoms with Crippen LogP contribution in [0.15, 0.2) is 60.7 Å². The van der Waals surface area contributed by atoms with E-state index < -0.39 is 43.0 Å². The molecule has 2 fully saturated rings. The first-order chi connectivity index (χ1) is 14.7. The van der Waals surface area contributed by atoms with Crippen molar-refractivity contribution < 1.29 is 33.2 Å². The number of carbonyl (C=O) groups excluding carboxylic acids is 1. The van der Waals surface area contributed by atoms with Crippen LogP contribution in [0.4, 0.5) is 0 Å². The lowest BCUT2D eigenvalue weighted by atomic mass is 9.97. The van der Waals surface area contributed by atoms with E-state index in [-0.39, 0.29) is 6.61 Å². The Morgan fingerprint density at radius 3 is 2.37 bits per heavy atom. The second kappa shape index (κ2) is 9.68. The maximum Gasteiger partial charge on any atom is 0.303 e. The molecule has 0 saturated carbocycles. The molecule has 4 rings (SSSR count). The molecule has 2 aliphatic rings. The standard InChI is InChI=1S/C23H26O7/c1-15(24)28-20-19-18(14-27-22(30-19)17-11-7-4-8-12-17)29-23(25-2)21(20)26-13-16-9-5-3-6-10-16/h3-12,18-23H,13-14H2,1-2H3/t18-,19+,20-,21+,22?,23+/m0/s1. The summed E-state index contributed by atoms with van der Waals surface area (Å²) in [5.41, 5.74) is 1.87. The van der Waals surface area contributed by atoms with Crippen LogP contribution < -0.4 is 0 Å². The van der Waals surface area contributed by atoms with Gasteiger partial charge in [-0.15, -0.1) is 0 Å². The van der Waals surface area contributed by atoms with Crippen LogP contribution in [0.1, 0.15) is 24.3 Å². The molecule has 2 aromatic carbocycles. The van der Waals surface area contributed by atoms with E-state index >= 15 is 0 Å². The minimum Gasteiger partial charge on any atom is -0.457 e. The molecule has 2 heterocycles. The Morgan fingerprint density at radius 2 is 1.70 bits per heavy atom. The van der Waals surface area contributed by atoms with Crippen LogP contribution in [-0.2, 0) is 39.8 Å². The maximum absolute atomic E-state index is 11.9. The highest BCUT2D eigenvalue weighted by molar-refractivity contribution is 5.66. The van der Waals surface area contributed by atoms with Crippen LogP contribution >= 0.6 is 0 Å². The summed E-state index contributed by atoms with van der Waals surface area (Å²) in [6, 6.07) is 19.4. The van der Waals surface area contributed by atoms with Gasteiger partial charge in [0.05, 0.1) is 13.2 Å². The van der Waals surface area contributed by atoms with Crippen molar-refractivity contribution in [3.63, 3.8) is 0 Å². The summed E-state index contributed by atoms with van der Waals surface area (Å²) in [4.78, 5) is 11.9. The van der Waals surface area contributed by atoms with Crippen LogP contribution in [0.25, 0.3) is 0 Å². The quantitative estimate of drug-likeness (QED) is 0.673. The third kappa shape index (κ3) is 4.71. The molecule has 1 unspecified atom stereocenters. The molecular weight excluding hydrogens is 388 g/mol. The van der Waals surface area contributed by atoms with Gasteiger partial charge in [-0.25, -0.2) is 0 Å². The largest absolute Gasteiger partial charge is 0.457 e. The molecule has 0 radical (unpaired) electrons. The second-order valence-electron chi connectivity index (χ2n) is 7.29. The Labute approximate surface area is 175 Å². The average molecular weight is 414 g/mol. The smallest absolute Gasteiger partial charge is 0.303 e. The number of hydrogen-bond acceptors (Lipinski definition) is 7. The first kappa shape index (κ1) is 21.0. The van der Waals surface area contributed by atoms with Crippen molar-refractivity contribution in [1.29, 1.82) is 0 Å². The van der Waals surface area contributed by atoms with Gasteiger partial charge >= 0.3 is 5.97 Å². The lowest BCUT2D eigenvalue weighted by Gasteiger charge is -2.48. The van der Waals surface area contributed by atoms with Gasteiger partial charge in [-0.1, -0.05) is 60.7 Å². The molecule has 0 bridgehead atoms. The number of benzene rings is 2.